The second kappa shape index (κ2) is 10.9. The first-order valence-corrected chi connectivity index (χ1v) is 11.7. The van der Waals surface area contributed by atoms with E-state index in [9.17, 15) is 9.59 Å². The van der Waals surface area contributed by atoms with Gasteiger partial charge in [-0.05, 0) is 63.9 Å². The highest BCUT2D eigenvalue weighted by Gasteiger charge is 2.23. The van der Waals surface area contributed by atoms with Crippen molar-refractivity contribution in [3.05, 3.63) is 48.2 Å². The Balaban J connectivity index is 1.59. The van der Waals surface area contributed by atoms with Crippen LogP contribution in [0, 0.1) is 0 Å². The molecule has 0 spiro atoms. The van der Waals surface area contributed by atoms with Gasteiger partial charge in [0.05, 0.1) is 12.2 Å². The van der Waals surface area contributed by atoms with E-state index >= 15 is 0 Å². The van der Waals surface area contributed by atoms with E-state index in [1.807, 2.05) is 30.5 Å². The van der Waals surface area contributed by atoms with Crippen molar-refractivity contribution >= 4 is 17.8 Å². The summed E-state index contributed by atoms with van der Waals surface area (Å²) in [7, 11) is 1.71. The van der Waals surface area contributed by atoms with Crippen molar-refractivity contribution in [1.82, 2.24) is 15.2 Å². The number of aromatic nitrogens is 1. The third-order valence-corrected chi connectivity index (χ3v) is 5.38. The molecule has 1 fully saturated rings. The zero-order chi connectivity index (χ0) is 24.9. The Bertz CT molecular complexity index is 977. The number of rotatable bonds is 6. The number of benzene rings is 1. The Morgan fingerprint density at radius 3 is 2.47 bits per heavy atom. The number of amides is 2. The molecule has 34 heavy (non-hydrogen) atoms. The van der Waals surface area contributed by atoms with E-state index in [4.69, 9.17) is 9.47 Å². The second-order valence-corrected chi connectivity index (χ2v) is 9.87. The van der Waals surface area contributed by atoms with Gasteiger partial charge in [0.15, 0.2) is 0 Å². The van der Waals surface area contributed by atoms with Crippen LogP contribution >= 0.6 is 0 Å². The maximum atomic E-state index is 12.4. The molecule has 1 aliphatic heterocycles. The molecule has 2 amide bonds. The molecule has 0 radical (unpaired) electrons. The maximum absolute atomic E-state index is 12.4. The molecule has 2 heterocycles. The van der Waals surface area contributed by atoms with Gasteiger partial charge < -0.3 is 24.6 Å². The molecule has 184 valence electrons. The third-order valence-electron chi connectivity index (χ3n) is 5.38. The van der Waals surface area contributed by atoms with Crippen molar-refractivity contribution in [3.8, 4) is 11.1 Å². The molecule has 1 aliphatic rings. The standard InChI is InChI=1S/C26H36N4O4/c1-18-15-30(16-19(2)33-18)23-11-10-22(13-27-23)21-9-7-8-20(12-21)17-29(6)24(31)14-28-25(32)34-26(3,4)5/h7-13,18-19H,14-17H2,1-6H3,(H,28,32)/t18-,19?/m1/s1. The summed E-state index contributed by atoms with van der Waals surface area (Å²) < 4.78 is 11.0. The van der Waals surface area contributed by atoms with Crippen molar-refractivity contribution in [1.29, 1.82) is 0 Å². The van der Waals surface area contributed by atoms with E-state index in [0.29, 0.717) is 6.54 Å². The Labute approximate surface area is 202 Å². The van der Waals surface area contributed by atoms with E-state index in [1.165, 1.54) is 0 Å². The molecular formula is C26H36N4O4. The number of carbonyl (C=O) groups is 2. The molecule has 0 bridgehead atoms. The van der Waals surface area contributed by atoms with E-state index in [1.54, 1.807) is 32.7 Å². The first kappa shape index (κ1) is 25.5. The molecule has 2 atom stereocenters. The summed E-state index contributed by atoms with van der Waals surface area (Å²) >= 11 is 0. The lowest BCUT2D eigenvalue weighted by Crippen LogP contribution is -2.45. The normalized spacial score (nSPS) is 18.4. The SMILES string of the molecule is CC1CN(c2ccc(-c3cccc(CN(C)C(=O)CNC(=O)OC(C)(C)C)c3)cn2)C[C@@H](C)O1. The smallest absolute Gasteiger partial charge is 0.408 e. The highest BCUT2D eigenvalue weighted by Crippen LogP contribution is 2.24. The van der Waals surface area contributed by atoms with Crippen molar-refractivity contribution in [2.24, 2.45) is 0 Å². The zero-order valence-electron chi connectivity index (χ0n) is 21.0. The average Bonchev–Trinajstić information content (AvgIpc) is 2.76. The molecule has 8 heteroatoms. The van der Waals surface area contributed by atoms with Gasteiger partial charge in [-0.2, -0.15) is 0 Å². The van der Waals surface area contributed by atoms with Crippen LogP contribution in [-0.2, 0) is 20.8 Å². The van der Waals surface area contributed by atoms with Crippen LogP contribution in [0.5, 0.6) is 0 Å². The van der Waals surface area contributed by atoms with Crippen LogP contribution in [0.25, 0.3) is 11.1 Å². The predicted octanol–water partition coefficient (Wildman–Crippen LogP) is 3.85. The minimum Gasteiger partial charge on any atom is -0.444 e. The van der Waals surface area contributed by atoms with Gasteiger partial charge in [0.2, 0.25) is 5.91 Å². The summed E-state index contributed by atoms with van der Waals surface area (Å²) in [5.41, 5.74) is 2.44. The lowest BCUT2D eigenvalue weighted by atomic mass is 10.0. The van der Waals surface area contributed by atoms with Crippen molar-refractivity contribution in [3.63, 3.8) is 0 Å². The molecule has 2 aromatic rings. The number of nitrogens with zero attached hydrogens (tertiary/aromatic N) is 3. The number of alkyl carbamates (subject to hydrolysis) is 1. The first-order chi connectivity index (χ1) is 16.0. The number of ether oxygens (including phenoxy) is 2. The number of carbonyl (C=O) groups excluding carboxylic acids is 2. The fraction of sp³-hybridized carbons (Fsp3) is 0.500. The number of hydrogen-bond acceptors (Lipinski definition) is 6. The van der Waals surface area contributed by atoms with Gasteiger partial charge in [-0.1, -0.05) is 18.2 Å². The predicted molar refractivity (Wildman–Crippen MR) is 133 cm³/mol. The van der Waals surface area contributed by atoms with Crippen LogP contribution in [-0.4, -0.2) is 66.4 Å². The van der Waals surface area contributed by atoms with Crippen LogP contribution < -0.4 is 10.2 Å². The van der Waals surface area contributed by atoms with Crippen molar-refractivity contribution in [2.75, 3.05) is 31.6 Å². The maximum Gasteiger partial charge on any atom is 0.408 e. The van der Waals surface area contributed by atoms with Gasteiger partial charge >= 0.3 is 6.09 Å². The van der Waals surface area contributed by atoms with Crippen molar-refractivity contribution in [2.45, 2.75) is 59.0 Å². The van der Waals surface area contributed by atoms with Crippen LogP contribution in [0.2, 0.25) is 0 Å². The molecular weight excluding hydrogens is 432 g/mol. The fourth-order valence-electron chi connectivity index (χ4n) is 3.92. The Kier molecular flexibility index (Phi) is 8.15. The number of pyridine rings is 1. The molecule has 8 nitrogen and oxygen atoms in total. The highest BCUT2D eigenvalue weighted by atomic mass is 16.6. The lowest BCUT2D eigenvalue weighted by molar-refractivity contribution is -0.129. The zero-order valence-corrected chi connectivity index (χ0v) is 21.0. The van der Waals surface area contributed by atoms with E-state index in [0.717, 1.165) is 35.6 Å². The minimum absolute atomic E-state index is 0.116. The molecule has 0 saturated carbocycles. The lowest BCUT2D eigenvalue weighted by Gasteiger charge is -2.36. The van der Waals surface area contributed by atoms with E-state index in [-0.39, 0.29) is 24.7 Å². The van der Waals surface area contributed by atoms with Crippen LogP contribution in [0.3, 0.4) is 0 Å². The summed E-state index contributed by atoms with van der Waals surface area (Å²) in [5, 5.41) is 2.51. The Morgan fingerprint density at radius 2 is 1.85 bits per heavy atom. The van der Waals surface area contributed by atoms with Crippen LogP contribution in [0.1, 0.15) is 40.2 Å². The van der Waals surface area contributed by atoms with Crippen molar-refractivity contribution < 1.29 is 19.1 Å². The molecule has 1 saturated heterocycles. The summed E-state index contributed by atoms with van der Waals surface area (Å²) in [4.78, 5) is 32.7. The molecule has 1 aromatic heterocycles. The van der Waals surface area contributed by atoms with Gasteiger partial charge in [-0.15, -0.1) is 0 Å². The van der Waals surface area contributed by atoms with Gasteiger partial charge in [0.25, 0.3) is 0 Å². The minimum atomic E-state index is -0.606. The van der Waals surface area contributed by atoms with Crippen LogP contribution in [0.15, 0.2) is 42.6 Å². The summed E-state index contributed by atoms with van der Waals surface area (Å²) in [6, 6.07) is 12.2. The molecule has 1 N–H and O–H groups in total. The number of morpholine rings is 1. The fourth-order valence-corrected chi connectivity index (χ4v) is 3.92. The van der Waals surface area contributed by atoms with Gasteiger partial charge in [-0.25, -0.2) is 9.78 Å². The first-order valence-electron chi connectivity index (χ1n) is 11.7. The number of anilines is 1. The van der Waals surface area contributed by atoms with Gasteiger partial charge in [0.1, 0.15) is 18.0 Å². The number of likely N-dealkylation sites (N-methyl/N-ethyl adjacent to an activating group) is 1. The van der Waals surface area contributed by atoms with Crippen LogP contribution in [0.4, 0.5) is 10.6 Å². The highest BCUT2D eigenvalue weighted by molar-refractivity contribution is 5.82. The molecule has 0 aliphatic carbocycles. The Morgan fingerprint density at radius 1 is 1.15 bits per heavy atom. The Hall–Kier alpha value is -3.13. The monoisotopic (exact) mass is 468 g/mol. The molecule has 3 rings (SSSR count). The molecule has 1 aromatic carbocycles. The van der Waals surface area contributed by atoms with E-state index < -0.39 is 11.7 Å². The van der Waals surface area contributed by atoms with Gasteiger partial charge in [0, 0.05) is 38.4 Å². The summed E-state index contributed by atoms with van der Waals surface area (Å²) in [6.07, 6.45) is 1.65. The quantitative estimate of drug-likeness (QED) is 0.693. The summed E-state index contributed by atoms with van der Waals surface area (Å²) in [5.74, 6) is 0.751. The topological polar surface area (TPSA) is 84.0 Å². The number of hydrogen-bond donors (Lipinski definition) is 1. The molecule has 1 unspecified atom stereocenters. The third kappa shape index (κ3) is 7.45. The summed E-state index contributed by atoms with van der Waals surface area (Å²) in [6.45, 7) is 11.5. The second-order valence-electron chi connectivity index (χ2n) is 9.87. The van der Waals surface area contributed by atoms with E-state index in [2.05, 4.69) is 41.2 Å². The average molecular weight is 469 g/mol. The van der Waals surface area contributed by atoms with Gasteiger partial charge in [-0.3, -0.25) is 4.79 Å². The largest absolute Gasteiger partial charge is 0.444 e. The number of nitrogens with one attached hydrogen (secondary N) is 1.